The minimum Gasteiger partial charge on any atom is -0.480 e. The quantitative estimate of drug-likeness (QED) is 0.117. The number of hydrogen-bond acceptors (Lipinski definition) is 8. The second-order valence-corrected chi connectivity index (χ2v) is 11.4. The van der Waals surface area contributed by atoms with Crippen molar-refractivity contribution in [3.63, 3.8) is 0 Å². The average Bonchev–Trinajstić information content (AvgIpc) is 3.44. The molecule has 234 valence electrons. The van der Waals surface area contributed by atoms with Gasteiger partial charge in [-0.1, -0.05) is 34.6 Å². The first-order valence-electron chi connectivity index (χ1n) is 14.1. The van der Waals surface area contributed by atoms with Crippen LogP contribution in [0.4, 0.5) is 0 Å². The lowest BCUT2D eigenvalue weighted by atomic mass is 9.85. The Hall–Kier alpha value is -3.26. The number of aliphatic hydroxyl groups excluding tert-OH is 2. The van der Waals surface area contributed by atoms with E-state index in [0.29, 0.717) is 25.9 Å². The smallest absolute Gasteiger partial charge is 0.326 e. The van der Waals surface area contributed by atoms with E-state index < -0.39 is 85.2 Å². The van der Waals surface area contributed by atoms with Crippen molar-refractivity contribution in [2.45, 2.75) is 97.3 Å². The van der Waals surface area contributed by atoms with Gasteiger partial charge in [0.2, 0.25) is 29.5 Å². The Balaban J connectivity index is 3.18. The summed E-state index contributed by atoms with van der Waals surface area (Å²) in [5.74, 6) is -5.15. The van der Waals surface area contributed by atoms with Gasteiger partial charge in [0.1, 0.15) is 18.1 Å². The first-order chi connectivity index (χ1) is 19.2. The van der Waals surface area contributed by atoms with Crippen LogP contribution in [0.25, 0.3) is 0 Å². The maximum absolute atomic E-state index is 13.5. The minimum atomic E-state index is -1.73. The summed E-state index contributed by atoms with van der Waals surface area (Å²) in [6.07, 6.45) is 1.54. The van der Waals surface area contributed by atoms with Crippen LogP contribution in [-0.2, 0) is 28.8 Å². The average molecular weight is 586 g/mol. The van der Waals surface area contributed by atoms with Gasteiger partial charge in [0.05, 0.1) is 32.1 Å². The lowest BCUT2D eigenvalue weighted by Gasteiger charge is -2.33. The van der Waals surface area contributed by atoms with Crippen molar-refractivity contribution in [2.24, 2.45) is 11.3 Å². The van der Waals surface area contributed by atoms with Crippen LogP contribution in [0.15, 0.2) is 0 Å². The highest BCUT2D eigenvalue weighted by atomic mass is 16.4. The summed E-state index contributed by atoms with van der Waals surface area (Å²) < 4.78 is 0. The Morgan fingerprint density at radius 1 is 0.756 bits per heavy atom. The van der Waals surface area contributed by atoms with E-state index in [1.165, 1.54) is 0 Å². The molecule has 7 N–H and O–H groups in total. The van der Waals surface area contributed by atoms with Gasteiger partial charge in [-0.15, -0.1) is 0 Å². The number of amides is 5. The fraction of sp³-hybridized carbons (Fsp3) is 0.778. The van der Waals surface area contributed by atoms with Crippen LogP contribution >= 0.6 is 0 Å². The molecule has 14 nitrogen and oxygen atoms in total. The van der Waals surface area contributed by atoms with Gasteiger partial charge in [-0.2, -0.15) is 0 Å². The molecule has 0 aromatic heterocycles. The second-order valence-electron chi connectivity index (χ2n) is 11.4. The van der Waals surface area contributed by atoms with Gasteiger partial charge >= 0.3 is 5.97 Å². The molecule has 0 spiro atoms. The Morgan fingerprint density at radius 2 is 1.29 bits per heavy atom. The number of carbonyl (C=O) groups excluding carboxylic acids is 5. The third-order valence-corrected chi connectivity index (χ3v) is 7.05. The molecule has 0 bridgehead atoms. The van der Waals surface area contributed by atoms with Gasteiger partial charge in [-0.3, -0.25) is 24.0 Å². The van der Waals surface area contributed by atoms with Crippen LogP contribution in [0, 0.1) is 11.3 Å². The van der Waals surface area contributed by atoms with E-state index >= 15 is 0 Å². The molecular formula is C27H47N5O9. The number of aliphatic carboxylic acids is 1. The number of nitrogens with zero attached hydrogens (tertiary/aromatic N) is 1. The number of aliphatic hydroxyl groups is 2. The lowest BCUT2D eigenvalue weighted by molar-refractivity contribution is -0.144. The van der Waals surface area contributed by atoms with E-state index in [1.54, 1.807) is 25.7 Å². The van der Waals surface area contributed by atoms with Crippen molar-refractivity contribution in [1.82, 2.24) is 26.2 Å². The predicted molar refractivity (Wildman–Crippen MR) is 148 cm³/mol. The maximum Gasteiger partial charge on any atom is 0.326 e. The van der Waals surface area contributed by atoms with Crippen molar-refractivity contribution >= 4 is 35.5 Å². The first kappa shape index (κ1) is 35.8. The van der Waals surface area contributed by atoms with E-state index in [2.05, 4.69) is 21.3 Å². The molecule has 41 heavy (non-hydrogen) atoms. The van der Waals surface area contributed by atoms with Gasteiger partial charge < -0.3 is 41.5 Å². The molecular weight excluding hydrogens is 538 g/mol. The zero-order chi connectivity index (χ0) is 31.3. The Labute approximate surface area is 241 Å². The van der Waals surface area contributed by atoms with Crippen molar-refractivity contribution < 1.29 is 44.1 Å². The molecule has 1 heterocycles. The molecule has 0 aliphatic carbocycles. The third-order valence-electron chi connectivity index (χ3n) is 7.05. The molecule has 1 fully saturated rings. The summed E-state index contributed by atoms with van der Waals surface area (Å²) in [6.45, 7) is 8.75. The summed E-state index contributed by atoms with van der Waals surface area (Å²) in [5.41, 5.74) is -0.774. The van der Waals surface area contributed by atoms with Crippen molar-refractivity contribution in [1.29, 1.82) is 0 Å². The van der Waals surface area contributed by atoms with Crippen molar-refractivity contribution in [2.75, 3.05) is 26.3 Å². The Morgan fingerprint density at radius 3 is 1.76 bits per heavy atom. The predicted octanol–water partition coefficient (Wildman–Crippen LogP) is -1.12. The number of nitrogens with one attached hydrogen (secondary N) is 4. The molecule has 0 radical (unpaired) electrons. The Kier molecular flexibility index (Phi) is 14.7. The summed E-state index contributed by atoms with van der Waals surface area (Å²) in [5, 5.41) is 37.7. The minimum absolute atomic E-state index is 0.317. The highest BCUT2D eigenvalue weighted by Crippen LogP contribution is 2.21. The summed E-state index contributed by atoms with van der Waals surface area (Å²) >= 11 is 0. The lowest BCUT2D eigenvalue weighted by Crippen LogP contribution is -2.60. The van der Waals surface area contributed by atoms with Crippen LogP contribution in [0.3, 0.4) is 0 Å². The van der Waals surface area contributed by atoms with Crippen LogP contribution < -0.4 is 21.3 Å². The zero-order valence-corrected chi connectivity index (χ0v) is 24.7. The number of hydrogen-bond donors (Lipinski definition) is 7. The van der Waals surface area contributed by atoms with Gasteiger partial charge in [0.25, 0.3) is 0 Å². The standard InChI is InChI=1S/C27H47N5O9/c1-6-16(7-2)23(37)31-22(27(3,4)5)25(39)29-18(13-21(36)32-10-8-9-11-32)24(38)30-19(26(40)41)12-20(35)28-17(14-33)15-34/h16-19,22,33-34H,6-15H2,1-5H3,(H,28,35)(H,29,39)(H,30,38)(H,31,37)(H,40,41)/t18-,19-,22+/m0/s1. The SMILES string of the molecule is CCC(CC)C(=O)N[C@H](C(=O)N[C@@H](CC(=O)N1CCCC1)C(=O)N[C@@H](CC(=O)NC(CO)CO)C(=O)O)C(C)(C)C. The summed E-state index contributed by atoms with van der Waals surface area (Å²) in [4.78, 5) is 78.2. The summed E-state index contributed by atoms with van der Waals surface area (Å²) in [6, 6.07) is -5.29. The fourth-order valence-electron chi connectivity index (χ4n) is 4.42. The number of rotatable bonds is 16. The fourth-order valence-corrected chi connectivity index (χ4v) is 4.42. The monoisotopic (exact) mass is 585 g/mol. The number of likely N-dealkylation sites (tertiary alicyclic amines) is 1. The number of carboxylic acid groups (broad SMARTS) is 1. The molecule has 1 aliphatic heterocycles. The molecule has 0 aromatic rings. The van der Waals surface area contributed by atoms with Crippen molar-refractivity contribution in [3.05, 3.63) is 0 Å². The molecule has 1 rings (SSSR count). The topological polar surface area (TPSA) is 214 Å². The van der Waals surface area contributed by atoms with Crippen LogP contribution in [0.5, 0.6) is 0 Å². The van der Waals surface area contributed by atoms with E-state index in [0.717, 1.165) is 12.8 Å². The van der Waals surface area contributed by atoms with E-state index in [-0.39, 0.29) is 11.8 Å². The van der Waals surface area contributed by atoms with E-state index in [9.17, 15) is 33.9 Å². The normalized spacial score (nSPS) is 15.7. The number of carboxylic acids is 1. The molecule has 1 aliphatic rings. The van der Waals surface area contributed by atoms with Crippen LogP contribution in [-0.4, -0.2) is 106 Å². The van der Waals surface area contributed by atoms with Crippen LogP contribution in [0.2, 0.25) is 0 Å². The molecule has 1 saturated heterocycles. The van der Waals surface area contributed by atoms with E-state index in [4.69, 9.17) is 10.2 Å². The van der Waals surface area contributed by atoms with Gasteiger partial charge in [-0.25, -0.2) is 4.79 Å². The molecule has 14 heteroatoms. The molecule has 0 saturated carbocycles. The largest absolute Gasteiger partial charge is 0.480 e. The maximum atomic E-state index is 13.5. The van der Waals surface area contributed by atoms with Gasteiger partial charge in [-0.05, 0) is 31.1 Å². The van der Waals surface area contributed by atoms with Crippen molar-refractivity contribution in [3.8, 4) is 0 Å². The molecule has 5 amide bonds. The van der Waals surface area contributed by atoms with Gasteiger partial charge in [0.15, 0.2) is 0 Å². The second kappa shape index (κ2) is 16.9. The van der Waals surface area contributed by atoms with Crippen LogP contribution in [0.1, 0.15) is 73.1 Å². The number of carbonyl (C=O) groups is 6. The molecule has 0 aromatic carbocycles. The zero-order valence-electron chi connectivity index (χ0n) is 24.7. The molecule has 3 atom stereocenters. The summed E-state index contributed by atoms with van der Waals surface area (Å²) in [7, 11) is 0. The van der Waals surface area contributed by atoms with Gasteiger partial charge in [0, 0.05) is 19.0 Å². The highest BCUT2D eigenvalue weighted by Gasteiger charge is 2.38. The Bertz CT molecular complexity index is 923. The van der Waals surface area contributed by atoms with E-state index in [1.807, 2.05) is 13.8 Å². The third kappa shape index (κ3) is 11.6. The highest BCUT2D eigenvalue weighted by molar-refractivity contribution is 5.97. The molecule has 0 unspecified atom stereocenters. The first-order valence-corrected chi connectivity index (χ1v) is 14.1.